The van der Waals surface area contributed by atoms with Crippen molar-refractivity contribution in [3.8, 4) is 0 Å². The van der Waals surface area contributed by atoms with Gasteiger partial charge in [-0.2, -0.15) is 0 Å². The molecule has 0 bridgehead atoms. The minimum atomic E-state index is -1.07. The summed E-state index contributed by atoms with van der Waals surface area (Å²) in [5.41, 5.74) is 1.89. The molecule has 0 spiro atoms. The summed E-state index contributed by atoms with van der Waals surface area (Å²) in [6, 6.07) is 7.16. The molecular formula is C16H22N2O3S. The van der Waals surface area contributed by atoms with Crippen LogP contribution < -0.4 is 10.2 Å². The van der Waals surface area contributed by atoms with Crippen LogP contribution >= 0.6 is 12.2 Å². The van der Waals surface area contributed by atoms with Crippen molar-refractivity contribution < 1.29 is 14.7 Å². The first-order valence-corrected chi connectivity index (χ1v) is 7.50. The Morgan fingerprint density at radius 2 is 2.00 bits per heavy atom. The van der Waals surface area contributed by atoms with Crippen molar-refractivity contribution >= 4 is 34.8 Å². The molecule has 5 nitrogen and oxygen atoms in total. The molecule has 0 aliphatic rings. The molecule has 1 aromatic rings. The molecule has 1 aromatic carbocycles. The maximum absolute atomic E-state index is 12.4. The molecule has 22 heavy (non-hydrogen) atoms. The number of aliphatic carboxylic acids is 1. The zero-order valence-electron chi connectivity index (χ0n) is 13.3. The van der Waals surface area contributed by atoms with Crippen LogP contribution in [0.5, 0.6) is 0 Å². The normalized spacial score (nSPS) is 11.9. The lowest BCUT2D eigenvalue weighted by atomic mass is 10.00. The molecule has 1 atom stereocenters. The van der Waals surface area contributed by atoms with Crippen molar-refractivity contribution in [1.29, 1.82) is 0 Å². The molecule has 2 N–H and O–H groups in total. The lowest BCUT2D eigenvalue weighted by molar-refractivity contribution is -0.138. The van der Waals surface area contributed by atoms with Gasteiger partial charge in [0.05, 0.1) is 4.99 Å². The summed E-state index contributed by atoms with van der Waals surface area (Å²) in [5, 5.41) is 11.2. The van der Waals surface area contributed by atoms with Crippen molar-refractivity contribution in [3.63, 3.8) is 0 Å². The smallest absolute Gasteiger partial charge is 0.322 e. The molecule has 0 aliphatic heterocycles. The Bertz CT molecular complexity index is 572. The summed E-state index contributed by atoms with van der Waals surface area (Å²) in [4.78, 5) is 25.4. The van der Waals surface area contributed by atoms with E-state index in [1.807, 2.05) is 45.0 Å². The van der Waals surface area contributed by atoms with Gasteiger partial charge in [0.2, 0.25) is 5.91 Å². The Labute approximate surface area is 136 Å². The fraction of sp³-hybridized carbons (Fsp3) is 0.438. The third kappa shape index (κ3) is 4.80. The number of nitrogens with zero attached hydrogens (tertiary/aromatic N) is 1. The maximum Gasteiger partial charge on any atom is 0.322 e. The van der Waals surface area contributed by atoms with Gasteiger partial charge in [0, 0.05) is 5.69 Å². The second kappa shape index (κ2) is 7.89. The average molecular weight is 322 g/mol. The topological polar surface area (TPSA) is 69.6 Å². The van der Waals surface area contributed by atoms with Crippen LogP contribution in [-0.2, 0) is 9.59 Å². The number of hydrogen-bond acceptors (Lipinski definition) is 3. The van der Waals surface area contributed by atoms with Gasteiger partial charge in [-0.05, 0) is 37.5 Å². The molecule has 0 aromatic heterocycles. The highest BCUT2D eigenvalue weighted by Gasteiger charge is 2.30. The molecule has 0 saturated heterocycles. The van der Waals surface area contributed by atoms with Gasteiger partial charge in [0.25, 0.3) is 0 Å². The average Bonchev–Trinajstić information content (AvgIpc) is 2.41. The van der Waals surface area contributed by atoms with Gasteiger partial charge in [-0.3, -0.25) is 9.59 Å². The molecule has 6 heteroatoms. The van der Waals surface area contributed by atoms with E-state index >= 15 is 0 Å². The predicted molar refractivity (Wildman–Crippen MR) is 91.2 cm³/mol. The SMILES string of the molecule is CC(=S)N(c1cccc(C)c1)C(C(=O)NCC(=O)O)C(C)C. The lowest BCUT2D eigenvalue weighted by Crippen LogP contribution is -2.52. The lowest BCUT2D eigenvalue weighted by Gasteiger charge is -2.34. The second-order valence-electron chi connectivity index (χ2n) is 5.53. The second-order valence-corrected chi connectivity index (χ2v) is 6.12. The number of nitrogens with one attached hydrogen (secondary N) is 1. The van der Waals surface area contributed by atoms with Gasteiger partial charge in [-0.1, -0.05) is 38.2 Å². The van der Waals surface area contributed by atoms with Gasteiger partial charge in [-0.15, -0.1) is 0 Å². The number of amides is 1. The molecular weight excluding hydrogens is 300 g/mol. The summed E-state index contributed by atoms with van der Waals surface area (Å²) >= 11 is 5.32. The van der Waals surface area contributed by atoms with Crippen LogP contribution in [-0.4, -0.2) is 34.6 Å². The summed E-state index contributed by atoms with van der Waals surface area (Å²) < 4.78 is 0. The number of thiocarbonyl (C=S) groups is 1. The molecule has 1 unspecified atom stereocenters. The number of benzene rings is 1. The molecule has 1 amide bonds. The number of carboxylic acid groups (broad SMARTS) is 1. The molecule has 0 fully saturated rings. The fourth-order valence-electron chi connectivity index (χ4n) is 2.30. The monoisotopic (exact) mass is 322 g/mol. The summed E-state index contributed by atoms with van der Waals surface area (Å²) in [6.45, 7) is 7.14. The molecule has 0 aliphatic carbocycles. The molecule has 0 radical (unpaired) electrons. The summed E-state index contributed by atoms with van der Waals surface area (Å²) in [5.74, 6) is -1.45. The van der Waals surface area contributed by atoms with Gasteiger partial charge in [0.15, 0.2) is 0 Å². The van der Waals surface area contributed by atoms with E-state index < -0.39 is 18.6 Å². The summed E-state index contributed by atoms with van der Waals surface area (Å²) in [7, 11) is 0. The first kappa shape index (κ1) is 18.1. The van der Waals surface area contributed by atoms with Gasteiger partial charge < -0.3 is 15.3 Å². The maximum atomic E-state index is 12.4. The summed E-state index contributed by atoms with van der Waals surface area (Å²) in [6.07, 6.45) is 0. The first-order chi connectivity index (χ1) is 10.2. The number of hydrogen-bond donors (Lipinski definition) is 2. The number of anilines is 1. The Kier molecular flexibility index (Phi) is 6.49. The van der Waals surface area contributed by atoms with Crippen molar-refractivity contribution in [2.75, 3.05) is 11.4 Å². The fourth-order valence-corrected chi connectivity index (χ4v) is 2.52. The highest BCUT2D eigenvalue weighted by molar-refractivity contribution is 7.80. The molecule has 0 saturated carbocycles. The van der Waals surface area contributed by atoms with E-state index in [2.05, 4.69) is 5.32 Å². The van der Waals surface area contributed by atoms with Crippen LogP contribution in [0.2, 0.25) is 0 Å². The van der Waals surface area contributed by atoms with Crippen LogP contribution in [0.15, 0.2) is 24.3 Å². The van der Waals surface area contributed by atoms with Crippen molar-refractivity contribution in [2.24, 2.45) is 5.92 Å². The number of carbonyl (C=O) groups excluding carboxylic acids is 1. The number of carbonyl (C=O) groups is 2. The quantitative estimate of drug-likeness (QED) is 0.787. The van der Waals surface area contributed by atoms with E-state index in [1.54, 1.807) is 11.8 Å². The van der Waals surface area contributed by atoms with Gasteiger partial charge >= 0.3 is 5.97 Å². The zero-order valence-corrected chi connectivity index (χ0v) is 14.1. The van der Waals surface area contributed by atoms with Gasteiger partial charge in [0.1, 0.15) is 12.6 Å². The molecule has 0 heterocycles. The highest BCUT2D eigenvalue weighted by Crippen LogP contribution is 2.23. The number of rotatable bonds is 6. The molecule has 1 rings (SSSR count). The van der Waals surface area contributed by atoms with Crippen LogP contribution in [0.3, 0.4) is 0 Å². The first-order valence-electron chi connectivity index (χ1n) is 7.10. The van der Waals surface area contributed by atoms with E-state index in [1.165, 1.54) is 0 Å². The molecule has 120 valence electrons. The largest absolute Gasteiger partial charge is 0.480 e. The Hall–Kier alpha value is -1.95. The van der Waals surface area contributed by atoms with E-state index in [0.717, 1.165) is 11.3 Å². The highest BCUT2D eigenvalue weighted by atomic mass is 32.1. The van der Waals surface area contributed by atoms with E-state index in [-0.39, 0.29) is 11.8 Å². The van der Waals surface area contributed by atoms with E-state index in [4.69, 9.17) is 17.3 Å². The van der Waals surface area contributed by atoms with Crippen LogP contribution in [0.4, 0.5) is 5.69 Å². The van der Waals surface area contributed by atoms with Crippen molar-refractivity contribution in [3.05, 3.63) is 29.8 Å². The predicted octanol–water partition coefficient (Wildman–Crippen LogP) is 2.37. The minimum absolute atomic E-state index is 0.0350. The standard InChI is InChI=1S/C16H22N2O3S/c1-10(2)15(16(21)17-9-14(19)20)18(12(4)22)13-7-5-6-11(3)8-13/h5-8,10,15H,9H2,1-4H3,(H,17,21)(H,19,20). The van der Waals surface area contributed by atoms with E-state index in [0.29, 0.717) is 4.99 Å². The Balaban J connectivity index is 3.15. The van der Waals surface area contributed by atoms with Gasteiger partial charge in [-0.25, -0.2) is 0 Å². The van der Waals surface area contributed by atoms with Crippen LogP contribution in [0, 0.1) is 12.8 Å². The third-order valence-electron chi connectivity index (χ3n) is 3.21. The zero-order chi connectivity index (χ0) is 16.9. The van der Waals surface area contributed by atoms with E-state index in [9.17, 15) is 9.59 Å². The Morgan fingerprint density at radius 1 is 1.36 bits per heavy atom. The minimum Gasteiger partial charge on any atom is -0.480 e. The van der Waals surface area contributed by atoms with Crippen molar-refractivity contribution in [1.82, 2.24) is 5.32 Å². The van der Waals surface area contributed by atoms with Crippen LogP contribution in [0.1, 0.15) is 26.3 Å². The van der Waals surface area contributed by atoms with Crippen molar-refractivity contribution in [2.45, 2.75) is 33.7 Å². The third-order valence-corrected chi connectivity index (χ3v) is 3.41. The Morgan fingerprint density at radius 3 is 2.45 bits per heavy atom. The number of carboxylic acids is 1. The van der Waals surface area contributed by atoms with Crippen LogP contribution in [0.25, 0.3) is 0 Å². The number of aryl methyl sites for hydroxylation is 1.